The number of halogens is 1. The Balaban J connectivity index is 1.26. The average molecular weight is 448 g/mol. The maximum atomic E-state index is 5.97. The molecule has 0 radical (unpaired) electrons. The van der Waals surface area contributed by atoms with Crippen molar-refractivity contribution in [2.24, 2.45) is 0 Å². The molecule has 1 N–H and O–H groups in total. The van der Waals surface area contributed by atoms with Crippen LogP contribution in [0.4, 0.5) is 0 Å². The van der Waals surface area contributed by atoms with Crippen molar-refractivity contribution in [3.63, 3.8) is 0 Å². The number of nitrogens with one attached hydrogen (secondary N) is 1. The van der Waals surface area contributed by atoms with Crippen LogP contribution in [0.3, 0.4) is 0 Å². The van der Waals surface area contributed by atoms with Gasteiger partial charge in [0.1, 0.15) is 11.5 Å². The standard InChI is InChI=1S/C23H18ClN5OS/c24-15-7-5-14(6-8-15)21-11-17(30-28-21)13-31-23-27-26-22(29(23)16-9-10-16)19-12-25-20-4-2-1-3-18(19)20/h1-8,11-12,16,25H,9-10,13H2. The first-order valence-electron chi connectivity index (χ1n) is 10.1. The Morgan fingerprint density at radius 1 is 1.10 bits per heavy atom. The summed E-state index contributed by atoms with van der Waals surface area (Å²) in [4.78, 5) is 3.34. The van der Waals surface area contributed by atoms with Gasteiger partial charge in [0.15, 0.2) is 11.0 Å². The van der Waals surface area contributed by atoms with Gasteiger partial charge in [-0.1, -0.05) is 58.9 Å². The van der Waals surface area contributed by atoms with Crippen molar-refractivity contribution in [3.8, 4) is 22.6 Å². The third-order valence-electron chi connectivity index (χ3n) is 5.45. The summed E-state index contributed by atoms with van der Waals surface area (Å²) in [6.07, 6.45) is 4.34. The molecule has 6 rings (SSSR count). The topological polar surface area (TPSA) is 72.5 Å². The Hall–Kier alpha value is -3.03. The summed E-state index contributed by atoms with van der Waals surface area (Å²) < 4.78 is 7.83. The van der Waals surface area contributed by atoms with Gasteiger partial charge in [0.25, 0.3) is 0 Å². The fraction of sp³-hybridized carbons (Fsp3) is 0.174. The second kappa shape index (κ2) is 7.59. The summed E-state index contributed by atoms with van der Waals surface area (Å²) in [5.74, 6) is 2.36. The minimum absolute atomic E-state index is 0.459. The Morgan fingerprint density at radius 3 is 2.77 bits per heavy atom. The van der Waals surface area contributed by atoms with Crippen LogP contribution in [-0.4, -0.2) is 24.9 Å². The van der Waals surface area contributed by atoms with E-state index < -0.39 is 0 Å². The number of fused-ring (bicyclic) bond motifs is 1. The highest BCUT2D eigenvalue weighted by molar-refractivity contribution is 7.98. The normalized spacial score (nSPS) is 13.8. The molecule has 3 aromatic heterocycles. The summed E-state index contributed by atoms with van der Waals surface area (Å²) >= 11 is 7.60. The zero-order valence-electron chi connectivity index (χ0n) is 16.5. The lowest BCUT2D eigenvalue weighted by molar-refractivity contribution is 0.397. The molecule has 31 heavy (non-hydrogen) atoms. The number of aromatic nitrogens is 5. The minimum atomic E-state index is 0.459. The van der Waals surface area contributed by atoms with Crippen LogP contribution < -0.4 is 0 Å². The molecule has 3 heterocycles. The van der Waals surface area contributed by atoms with Crippen LogP contribution in [0.5, 0.6) is 0 Å². The first-order valence-corrected chi connectivity index (χ1v) is 11.5. The van der Waals surface area contributed by atoms with Crippen LogP contribution >= 0.6 is 23.4 Å². The minimum Gasteiger partial charge on any atom is -0.360 e. The molecular weight excluding hydrogens is 430 g/mol. The second-order valence-electron chi connectivity index (χ2n) is 7.63. The van der Waals surface area contributed by atoms with E-state index in [1.165, 1.54) is 0 Å². The van der Waals surface area contributed by atoms with E-state index in [1.807, 2.05) is 42.6 Å². The summed E-state index contributed by atoms with van der Waals surface area (Å²) in [5, 5.41) is 16.0. The SMILES string of the molecule is Clc1ccc(-c2cc(CSc3nnc(-c4c[nH]c5ccccc45)n3C3CC3)on2)cc1. The third-order valence-corrected chi connectivity index (χ3v) is 6.67. The van der Waals surface area contributed by atoms with Crippen molar-refractivity contribution in [2.75, 3.05) is 0 Å². The van der Waals surface area contributed by atoms with Crippen molar-refractivity contribution < 1.29 is 4.52 Å². The van der Waals surface area contributed by atoms with Gasteiger partial charge in [-0.3, -0.25) is 4.57 Å². The van der Waals surface area contributed by atoms with Crippen molar-refractivity contribution in [1.29, 1.82) is 0 Å². The van der Waals surface area contributed by atoms with E-state index in [0.29, 0.717) is 16.8 Å². The molecule has 2 aromatic carbocycles. The highest BCUT2D eigenvalue weighted by Gasteiger charge is 2.31. The molecular formula is C23H18ClN5OS. The van der Waals surface area contributed by atoms with Crippen molar-refractivity contribution >= 4 is 34.3 Å². The van der Waals surface area contributed by atoms with E-state index in [4.69, 9.17) is 16.1 Å². The van der Waals surface area contributed by atoms with Gasteiger partial charge in [0, 0.05) is 45.4 Å². The van der Waals surface area contributed by atoms with Gasteiger partial charge >= 0.3 is 0 Å². The fourth-order valence-electron chi connectivity index (χ4n) is 3.75. The number of benzene rings is 2. The highest BCUT2D eigenvalue weighted by Crippen LogP contribution is 2.42. The molecule has 1 aliphatic rings. The molecule has 0 atom stereocenters. The molecule has 0 spiro atoms. The van der Waals surface area contributed by atoms with Crippen molar-refractivity contribution in [2.45, 2.75) is 29.8 Å². The van der Waals surface area contributed by atoms with Gasteiger partial charge < -0.3 is 9.51 Å². The lowest BCUT2D eigenvalue weighted by Gasteiger charge is -2.07. The summed E-state index contributed by atoms with van der Waals surface area (Å²) in [5.41, 5.74) is 3.97. The van der Waals surface area contributed by atoms with E-state index in [1.54, 1.807) is 11.8 Å². The number of rotatable bonds is 6. The number of H-pyrrole nitrogens is 1. The molecule has 6 nitrogen and oxygen atoms in total. The molecule has 1 saturated carbocycles. The van der Waals surface area contributed by atoms with E-state index in [9.17, 15) is 0 Å². The van der Waals surface area contributed by atoms with Crippen molar-refractivity contribution in [3.05, 3.63) is 71.6 Å². The summed E-state index contributed by atoms with van der Waals surface area (Å²) in [7, 11) is 0. The molecule has 0 unspecified atom stereocenters. The average Bonchev–Trinajstić information content (AvgIpc) is 3.20. The number of aromatic amines is 1. The van der Waals surface area contributed by atoms with Crippen LogP contribution in [-0.2, 0) is 5.75 Å². The zero-order chi connectivity index (χ0) is 20.8. The Kier molecular flexibility index (Phi) is 4.58. The first-order chi connectivity index (χ1) is 15.3. The van der Waals surface area contributed by atoms with Gasteiger partial charge in [-0.15, -0.1) is 10.2 Å². The van der Waals surface area contributed by atoms with Gasteiger partial charge in [0.05, 0.1) is 5.75 Å². The van der Waals surface area contributed by atoms with Crippen molar-refractivity contribution in [1.82, 2.24) is 24.9 Å². The van der Waals surface area contributed by atoms with E-state index in [-0.39, 0.29) is 0 Å². The predicted octanol–water partition coefficient (Wildman–Crippen LogP) is 6.36. The van der Waals surface area contributed by atoms with Gasteiger partial charge in [0.2, 0.25) is 0 Å². The predicted molar refractivity (Wildman–Crippen MR) is 122 cm³/mol. The number of hydrogen-bond donors (Lipinski definition) is 1. The molecule has 8 heteroatoms. The maximum Gasteiger partial charge on any atom is 0.192 e. The molecule has 0 amide bonds. The van der Waals surface area contributed by atoms with Gasteiger partial charge in [-0.25, -0.2) is 0 Å². The third kappa shape index (κ3) is 3.54. The lowest BCUT2D eigenvalue weighted by atomic mass is 10.1. The number of hydrogen-bond acceptors (Lipinski definition) is 5. The molecule has 154 valence electrons. The number of thioether (sulfide) groups is 1. The molecule has 0 saturated heterocycles. The summed E-state index contributed by atoms with van der Waals surface area (Å²) in [6, 6.07) is 18.3. The Labute approximate surface area is 187 Å². The van der Waals surface area contributed by atoms with Gasteiger partial charge in [-0.2, -0.15) is 0 Å². The smallest absolute Gasteiger partial charge is 0.192 e. The molecule has 0 aliphatic heterocycles. The van der Waals surface area contributed by atoms with Crippen LogP contribution in [0.2, 0.25) is 5.02 Å². The summed E-state index contributed by atoms with van der Waals surface area (Å²) in [6.45, 7) is 0. The second-order valence-corrected chi connectivity index (χ2v) is 9.01. The molecule has 1 aliphatic carbocycles. The fourth-order valence-corrected chi connectivity index (χ4v) is 4.76. The number of para-hydroxylation sites is 1. The highest BCUT2D eigenvalue weighted by atomic mass is 35.5. The monoisotopic (exact) mass is 447 g/mol. The first kappa shape index (κ1) is 18.7. The molecule has 0 bridgehead atoms. The quantitative estimate of drug-likeness (QED) is 0.306. The van der Waals surface area contributed by atoms with Crippen LogP contribution in [0.15, 0.2) is 70.5 Å². The van der Waals surface area contributed by atoms with Crippen LogP contribution in [0.1, 0.15) is 24.6 Å². The van der Waals surface area contributed by atoms with Crippen LogP contribution in [0.25, 0.3) is 33.5 Å². The molecule has 1 fully saturated rings. The van der Waals surface area contributed by atoms with Crippen LogP contribution in [0, 0.1) is 0 Å². The Morgan fingerprint density at radius 2 is 1.94 bits per heavy atom. The zero-order valence-corrected chi connectivity index (χ0v) is 18.0. The largest absolute Gasteiger partial charge is 0.360 e. The maximum absolute atomic E-state index is 5.97. The van der Waals surface area contributed by atoms with E-state index in [0.717, 1.165) is 57.3 Å². The lowest BCUT2D eigenvalue weighted by Crippen LogP contribution is -1.99. The molecule has 5 aromatic rings. The van der Waals surface area contributed by atoms with E-state index >= 15 is 0 Å². The van der Waals surface area contributed by atoms with Gasteiger partial charge in [-0.05, 0) is 31.0 Å². The Bertz CT molecular complexity index is 1370. The number of nitrogens with zero attached hydrogens (tertiary/aromatic N) is 4. The van der Waals surface area contributed by atoms with E-state index in [2.05, 4.69) is 43.1 Å².